The van der Waals surface area contributed by atoms with E-state index in [0.717, 1.165) is 23.3 Å². The molecule has 6 nitrogen and oxygen atoms in total. The summed E-state index contributed by atoms with van der Waals surface area (Å²) in [7, 11) is 1.82. The lowest BCUT2D eigenvalue weighted by Gasteiger charge is -2.39. The molecule has 2 fully saturated rings. The van der Waals surface area contributed by atoms with Crippen molar-refractivity contribution in [1.29, 1.82) is 0 Å². The van der Waals surface area contributed by atoms with Crippen LogP contribution in [0.2, 0.25) is 0 Å². The summed E-state index contributed by atoms with van der Waals surface area (Å²) in [5.74, 6) is 1.49. The second-order valence-corrected chi connectivity index (χ2v) is 8.18. The Bertz CT molecular complexity index is 780. The average Bonchev–Trinajstić information content (AvgIpc) is 3.27. The van der Waals surface area contributed by atoms with Gasteiger partial charge in [0, 0.05) is 37.8 Å². The van der Waals surface area contributed by atoms with E-state index in [-0.39, 0.29) is 24.0 Å². The van der Waals surface area contributed by atoms with Gasteiger partial charge in [-0.05, 0) is 37.8 Å². The molecular formula is C23H34IN5O. The maximum absolute atomic E-state index is 5.62. The topological polar surface area (TPSA) is 65.7 Å². The van der Waals surface area contributed by atoms with Gasteiger partial charge in [0.15, 0.2) is 5.96 Å². The van der Waals surface area contributed by atoms with Crippen LogP contribution in [0.1, 0.15) is 50.6 Å². The van der Waals surface area contributed by atoms with Crippen LogP contribution in [0, 0.1) is 0 Å². The Morgan fingerprint density at radius 1 is 1.10 bits per heavy atom. The largest absolute Gasteiger partial charge is 0.444 e. The fourth-order valence-corrected chi connectivity index (χ4v) is 4.52. The van der Waals surface area contributed by atoms with Crippen LogP contribution in [0.5, 0.6) is 0 Å². The Morgan fingerprint density at radius 3 is 2.53 bits per heavy atom. The fourth-order valence-electron chi connectivity index (χ4n) is 4.52. The maximum atomic E-state index is 5.62. The first-order chi connectivity index (χ1) is 14.3. The number of piperidine rings is 1. The Morgan fingerprint density at radius 2 is 1.83 bits per heavy atom. The summed E-state index contributed by atoms with van der Waals surface area (Å²) in [6.07, 6.45) is 11.1. The first-order valence-corrected chi connectivity index (χ1v) is 11.0. The van der Waals surface area contributed by atoms with Crippen LogP contribution in [0.15, 0.2) is 46.0 Å². The highest BCUT2D eigenvalue weighted by molar-refractivity contribution is 14.0. The monoisotopic (exact) mass is 523 g/mol. The minimum absolute atomic E-state index is 0. The highest BCUT2D eigenvalue weighted by Gasteiger charge is 2.26. The normalized spacial score (nSPS) is 19.3. The van der Waals surface area contributed by atoms with Gasteiger partial charge < -0.3 is 20.0 Å². The van der Waals surface area contributed by atoms with E-state index in [9.17, 15) is 0 Å². The van der Waals surface area contributed by atoms with Crippen LogP contribution in [-0.4, -0.2) is 48.1 Å². The predicted molar refractivity (Wildman–Crippen MR) is 132 cm³/mol. The van der Waals surface area contributed by atoms with Crippen LogP contribution < -0.4 is 10.6 Å². The van der Waals surface area contributed by atoms with Crippen molar-refractivity contribution in [1.82, 2.24) is 20.5 Å². The second kappa shape index (κ2) is 11.7. The molecule has 7 heteroatoms. The highest BCUT2D eigenvalue weighted by atomic mass is 127. The molecule has 2 N–H and O–H groups in total. The van der Waals surface area contributed by atoms with E-state index >= 15 is 0 Å². The van der Waals surface area contributed by atoms with Crippen molar-refractivity contribution >= 4 is 29.9 Å². The third-order valence-electron chi connectivity index (χ3n) is 6.19. The number of oxazole rings is 1. The molecule has 30 heavy (non-hydrogen) atoms. The lowest BCUT2D eigenvalue weighted by atomic mass is 9.92. The minimum atomic E-state index is 0. The van der Waals surface area contributed by atoms with Crippen LogP contribution >= 0.6 is 24.0 Å². The van der Waals surface area contributed by atoms with Gasteiger partial charge in [-0.2, -0.15) is 0 Å². The number of likely N-dealkylation sites (tertiary alicyclic amines) is 1. The quantitative estimate of drug-likeness (QED) is 0.345. The number of benzene rings is 1. The second-order valence-electron chi connectivity index (χ2n) is 8.18. The molecular weight excluding hydrogens is 489 g/mol. The zero-order chi connectivity index (χ0) is 19.9. The Balaban J connectivity index is 0.00000256. The molecule has 1 saturated heterocycles. The molecule has 1 aliphatic carbocycles. The summed E-state index contributed by atoms with van der Waals surface area (Å²) >= 11 is 0. The van der Waals surface area contributed by atoms with Gasteiger partial charge in [-0.15, -0.1) is 24.0 Å². The molecule has 0 amide bonds. The zero-order valence-electron chi connectivity index (χ0n) is 17.8. The van der Waals surface area contributed by atoms with E-state index in [1.54, 1.807) is 6.26 Å². The van der Waals surface area contributed by atoms with Gasteiger partial charge in [-0.3, -0.25) is 4.99 Å². The number of aromatic nitrogens is 1. The standard InChI is InChI=1S/C23H33N5O.HI/c1-24-23(25-16-20-17-29-22(26-20)18-8-4-2-5-9-18)27-19-12-14-28(15-13-19)21-10-6-3-7-11-21;/h2,4-5,8-9,17,19,21H,3,6-7,10-16H2,1H3,(H2,24,25,27);1H. The van der Waals surface area contributed by atoms with E-state index in [1.165, 1.54) is 58.0 Å². The van der Waals surface area contributed by atoms with Gasteiger partial charge in [-0.1, -0.05) is 37.5 Å². The van der Waals surface area contributed by atoms with Gasteiger partial charge >= 0.3 is 0 Å². The summed E-state index contributed by atoms with van der Waals surface area (Å²) in [5.41, 5.74) is 1.87. The van der Waals surface area contributed by atoms with Gasteiger partial charge in [-0.25, -0.2) is 4.98 Å². The zero-order valence-corrected chi connectivity index (χ0v) is 20.2. The Kier molecular flexibility index (Phi) is 8.99. The average molecular weight is 523 g/mol. The van der Waals surface area contributed by atoms with Gasteiger partial charge in [0.2, 0.25) is 5.89 Å². The number of hydrogen-bond acceptors (Lipinski definition) is 4. The lowest BCUT2D eigenvalue weighted by molar-refractivity contribution is 0.119. The SMILES string of the molecule is CN=C(NCc1coc(-c2ccccc2)n1)NC1CCN(C2CCCCC2)CC1.I. The Hall–Kier alpha value is -1.61. The van der Waals surface area contributed by atoms with E-state index < -0.39 is 0 Å². The van der Waals surface area contributed by atoms with Crippen molar-refractivity contribution in [3.8, 4) is 11.5 Å². The first kappa shape index (κ1) is 23.1. The number of hydrogen-bond donors (Lipinski definition) is 2. The van der Waals surface area contributed by atoms with Gasteiger partial charge in [0.05, 0.1) is 12.2 Å². The van der Waals surface area contributed by atoms with Crippen LogP contribution in [0.3, 0.4) is 0 Å². The van der Waals surface area contributed by atoms with Gasteiger partial charge in [0.1, 0.15) is 6.26 Å². The predicted octanol–water partition coefficient (Wildman–Crippen LogP) is 4.42. The van der Waals surface area contributed by atoms with Crippen LogP contribution in [0.4, 0.5) is 0 Å². The number of aliphatic imine (C=N–C) groups is 1. The third-order valence-corrected chi connectivity index (χ3v) is 6.19. The Labute approximate surface area is 196 Å². The molecule has 0 bridgehead atoms. The molecule has 0 atom stereocenters. The maximum Gasteiger partial charge on any atom is 0.226 e. The van der Waals surface area contributed by atoms with Crippen molar-refractivity contribution in [2.75, 3.05) is 20.1 Å². The molecule has 1 aromatic carbocycles. The van der Waals surface area contributed by atoms with Crippen LogP contribution in [0.25, 0.3) is 11.5 Å². The summed E-state index contributed by atoms with van der Waals surface area (Å²) < 4.78 is 5.62. The summed E-state index contributed by atoms with van der Waals surface area (Å²) in [4.78, 5) is 11.7. The molecule has 1 saturated carbocycles. The third kappa shape index (κ3) is 6.20. The smallest absolute Gasteiger partial charge is 0.226 e. The van der Waals surface area contributed by atoms with E-state index in [1.807, 2.05) is 37.4 Å². The van der Waals surface area contributed by atoms with Crippen molar-refractivity contribution in [2.45, 2.75) is 63.6 Å². The molecule has 1 aliphatic heterocycles. The summed E-state index contributed by atoms with van der Waals surface area (Å²) in [6.45, 7) is 2.99. The summed E-state index contributed by atoms with van der Waals surface area (Å²) in [6, 6.07) is 11.3. The number of nitrogens with zero attached hydrogens (tertiary/aromatic N) is 3. The highest BCUT2D eigenvalue weighted by Crippen LogP contribution is 2.25. The number of halogens is 1. The molecule has 1 aromatic heterocycles. The molecule has 0 unspecified atom stereocenters. The van der Waals surface area contributed by atoms with Gasteiger partial charge in [0.25, 0.3) is 0 Å². The number of rotatable bonds is 5. The van der Waals surface area contributed by atoms with Crippen LogP contribution in [-0.2, 0) is 6.54 Å². The molecule has 4 rings (SSSR count). The molecule has 2 heterocycles. The lowest BCUT2D eigenvalue weighted by Crippen LogP contribution is -2.50. The molecule has 2 aromatic rings. The number of guanidine groups is 1. The fraction of sp³-hybridized carbons (Fsp3) is 0.565. The molecule has 164 valence electrons. The van der Waals surface area contributed by atoms with E-state index in [4.69, 9.17) is 4.42 Å². The molecule has 0 radical (unpaired) electrons. The first-order valence-electron chi connectivity index (χ1n) is 11.0. The van der Waals surface area contributed by atoms with Crippen molar-refractivity contribution < 1.29 is 4.42 Å². The molecule has 2 aliphatic rings. The number of nitrogens with one attached hydrogen (secondary N) is 2. The van der Waals surface area contributed by atoms with Crippen molar-refractivity contribution in [2.24, 2.45) is 4.99 Å². The van der Waals surface area contributed by atoms with Crippen molar-refractivity contribution in [3.05, 3.63) is 42.3 Å². The molecule has 0 spiro atoms. The minimum Gasteiger partial charge on any atom is -0.444 e. The van der Waals surface area contributed by atoms with Crippen molar-refractivity contribution in [3.63, 3.8) is 0 Å². The van der Waals surface area contributed by atoms with E-state index in [0.29, 0.717) is 18.5 Å². The van der Waals surface area contributed by atoms with E-state index in [2.05, 4.69) is 25.5 Å². The summed E-state index contributed by atoms with van der Waals surface area (Å²) in [5, 5.41) is 6.97.